The Hall–Kier alpha value is -3.85. The molecule has 2 heterocycles. The zero-order valence-electron chi connectivity index (χ0n) is 18.4. The zero-order valence-corrected chi connectivity index (χ0v) is 19.2. The molecule has 0 atom stereocenters. The number of carbonyl (C=O) groups excluding carboxylic acids is 2. The average Bonchev–Trinajstić information content (AvgIpc) is 3.23. The summed E-state index contributed by atoms with van der Waals surface area (Å²) in [6, 6.07) is 16.6. The number of hydrogen-bond acceptors (Lipinski definition) is 6. The van der Waals surface area contributed by atoms with Gasteiger partial charge in [0.1, 0.15) is 17.1 Å². The number of hydrogen-bond donors (Lipinski definition) is 2. The van der Waals surface area contributed by atoms with Gasteiger partial charge in [0.25, 0.3) is 11.5 Å². The molecule has 34 heavy (non-hydrogen) atoms. The topological polar surface area (TPSA) is 106 Å². The maximum Gasteiger partial charge on any atom is 0.278 e. The number of benzene rings is 2. The van der Waals surface area contributed by atoms with Crippen molar-refractivity contribution in [1.29, 1.82) is 0 Å². The largest absolute Gasteiger partial charge is 0.348 e. The molecular weight excluding hydrogens is 450 g/mol. The maximum absolute atomic E-state index is 13.2. The van der Waals surface area contributed by atoms with Crippen molar-refractivity contribution in [2.45, 2.75) is 38.8 Å². The molecule has 172 valence electrons. The summed E-state index contributed by atoms with van der Waals surface area (Å²) < 4.78 is 1.04. The van der Waals surface area contributed by atoms with Gasteiger partial charge in [0.15, 0.2) is 0 Å². The molecule has 1 aliphatic carbocycles. The van der Waals surface area contributed by atoms with Gasteiger partial charge in [-0.1, -0.05) is 47.7 Å². The lowest BCUT2D eigenvalue weighted by Crippen LogP contribution is -2.31. The van der Waals surface area contributed by atoms with Gasteiger partial charge in [-0.15, -0.1) is 16.4 Å². The lowest BCUT2D eigenvalue weighted by atomic mass is 9.95. The predicted molar refractivity (Wildman–Crippen MR) is 131 cm³/mol. The Bertz CT molecular complexity index is 1430. The van der Waals surface area contributed by atoms with Gasteiger partial charge in [-0.3, -0.25) is 14.4 Å². The van der Waals surface area contributed by atoms with E-state index in [4.69, 9.17) is 0 Å². The van der Waals surface area contributed by atoms with Gasteiger partial charge >= 0.3 is 0 Å². The summed E-state index contributed by atoms with van der Waals surface area (Å²) in [7, 11) is 0. The number of aryl methyl sites for hydroxylation is 1. The fourth-order valence-electron chi connectivity index (χ4n) is 4.19. The number of amides is 2. The third-order valence-electron chi connectivity index (χ3n) is 5.87. The highest BCUT2D eigenvalue weighted by Gasteiger charge is 2.26. The normalized spacial score (nSPS) is 12.8. The van der Waals surface area contributed by atoms with Crippen LogP contribution in [0, 0.1) is 0 Å². The van der Waals surface area contributed by atoms with Crippen LogP contribution in [0.15, 0.2) is 59.4 Å². The second-order valence-corrected chi connectivity index (χ2v) is 9.31. The zero-order chi connectivity index (χ0) is 23.5. The third-order valence-corrected chi connectivity index (χ3v) is 7.08. The molecule has 2 aromatic carbocycles. The molecule has 2 aromatic heterocycles. The van der Waals surface area contributed by atoms with E-state index in [2.05, 4.69) is 20.9 Å². The summed E-state index contributed by atoms with van der Waals surface area (Å²) in [6.07, 6.45) is 3.78. The molecule has 0 fully saturated rings. The van der Waals surface area contributed by atoms with E-state index in [-0.39, 0.29) is 18.0 Å². The molecule has 2 amide bonds. The molecule has 8 nitrogen and oxygen atoms in total. The van der Waals surface area contributed by atoms with Crippen molar-refractivity contribution in [3.8, 4) is 0 Å². The fraction of sp³-hybridized carbons (Fsp3) is 0.240. The van der Waals surface area contributed by atoms with Crippen LogP contribution < -0.4 is 16.2 Å². The summed E-state index contributed by atoms with van der Waals surface area (Å²) >= 11 is 1.44. The van der Waals surface area contributed by atoms with Gasteiger partial charge in [-0.2, -0.15) is 0 Å². The minimum Gasteiger partial charge on any atom is -0.348 e. The number of carbonyl (C=O) groups is 2. The van der Waals surface area contributed by atoms with Crippen molar-refractivity contribution in [3.63, 3.8) is 0 Å². The molecule has 1 aliphatic rings. The van der Waals surface area contributed by atoms with Crippen LogP contribution in [0.5, 0.6) is 0 Å². The number of aromatic nitrogens is 3. The van der Waals surface area contributed by atoms with Crippen LogP contribution in [-0.2, 0) is 30.7 Å². The molecule has 9 heteroatoms. The molecule has 5 rings (SSSR count). The molecule has 0 radical (unpaired) electrons. The van der Waals surface area contributed by atoms with Crippen LogP contribution in [0.4, 0.5) is 5.00 Å². The van der Waals surface area contributed by atoms with E-state index in [0.717, 1.165) is 46.4 Å². The lowest BCUT2D eigenvalue weighted by Gasteiger charge is -2.13. The Balaban J connectivity index is 1.37. The Morgan fingerprint density at radius 2 is 1.76 bits per heavy atom. The summed E-state index contributed by atoms with van der Waals surface area (Å²) in [5.74, 6) is -0.636. The second-order valence-electron chi connectivity index (χ2n) is 8.20. The third kappa shape index (κ3) is 4.47. The highest BCUT2D eigenvalue weighted by molar-refractivity contribution is 7.17. The standard InChI is InChI=1S/C25H23N5O3S/c31-21(15-30-25(33)17-10-4-6-12-19(17)28-29-30)27-24-22(18-11-5-7-13-20(18)34-24)23(32)26-14-16-8-2-1-3-9-16/h1-4,6,8-10,12H,5,7,11,13-15H2,(H,26,32)(H,27,31). The van der Waals surface area contributed by atoms with Crippen LogP contribution in [0.2, 0.25) is 0 Å². The van der Waals surface area contributed by atoms with Crippen molar-refractivity contribution < 1.29 is 9.59 Å². The van der Waals surface area contributed by atoms with E-state index in [0.29, 0.717) is 28.0 Å². The number of nitrogens with one attached hydrogen (secondary N) is 2. The van der Waals surface area contributed by atoms with Crippen LogP contribution in [0.3, 0.4) is 0 Å². The van der Waals surface area contributed by atoms with Gasteiger partial charge in [-0.05, 0) is 48.9 Å². The van der Waals surface area contributed by atoms with Crippen LogP contribution in [-0.4, -0.2) is 26.8 Å². The highest BCUT2D eigenvalue weighted by Crippen LogP contribution is 2.38. The molecular formula is C25H23N5O3S. The number of anilines is 1. The summed E-state index contributed by atoms with van der Waals surface area (Å²) in [4.78, 5) is 39.9. The summed E-state index contributed by atoms with van der Waals surface area (Å²) in [5.41, 5.74) is 2.64. The highest BCUT2D eigenvalue weighted by atomic mass is 32.1. The lowest BCUT2D eigenvalue weighted by molar-refractivity contribution is -0.117. The van der Waals surface area contributed by atoms with Crippen molar-refractivity contribution in [1.82, 2.24) is 20.3 Å². The Morgan fingerprint density at radius 3 is 2.62 bits per heavy atom. The molecule has 4 aromatic rings. The van der Waals surface area contributed by atoms with E-state index >= 15 is 0 Å². The first-order chi connectivity index (χ1) is 16.6. The summed E-state index contributed by atoms with van der Waals surface area (Å²) in [6.45, 7) is 0.115. The predicted octanol–water partition coefficient (Wildman–Crippen LogP) is 3.30. The van der Waals surface area contributed by atoms with Crippen molar-refractivity contribution in [2.75, 3.05) is 5.32 Å². The molecule has 0 aliphatic heterocycles. The van der Waals surface area contributed by atoms with Crippen molar-refractivity contribution in [2.24, 2.45) is 0 Å². The molecule has 0 bridgehead atoms. The van der Waals surface area contributed by atoms with Crippen LogP contribution in [0.25, 0.3) is 10.9 Å². The number of thiophene rings is 1. The van der Waals surface area contributed by atoms with Crippen LogP contribution in [0.1, 0.15) is 39.2 Å². The van der Waals surface area contributed by atoms with Gasteiger partial charge in [0.05, 0.1) is 10.9 Å². The van der Waals surface area contributed by atoms with E-state index in [1.165, 1.54) is 11.3 Å². The first-order valence-corrected chi connectivity index (χ1v) is 12.0. The quantitative estimate of drug-likeness (QED) is 0.447. The van der Waals surface area contributed by atoms with Crippen molar-refractivity contribution >= 4 is 39.1 Å². The number of nitrogens with zero attached hydrogens (tertiary/aromatic N) is 3. The van der Waals surface area contributed by atoms with E-state index in [1.54, 1.807) is 24.3 Å². The minimum atomic E-state index is -0.428. The minimum absolute atomic E-state index is 0.207. The molecule has 0 unspecified atom stereocenters. The molecule has 0 saturated carbocycles. The number of fused-ring (bicyclic) bond motifs is 2. The molecule has 0 saturated heterocycles. The van der Waals surface area contributed by atoms with Gasteiger partial charge in [-0.25, -0.2) is 4.68 Å². The van der Waals surface area contributed by atoms with Crippen LogP contribution >= 0.6 is 11.3 Å². The second kappa shape index (κ2) is 9.56. The summed E-state index contributed by atoms with van der Waals surface area (Å²) in [5, 5.41) is 14.7. The monoisotopic (exact) mass is 473 g/mol. The molecule has 0 spiro atoms. The fourth-order valence-corrected chi connectivity index (χ4v) is 5.49. The smallest absolute Gasteiger partial charge is 0.278 e. The van der Waals surface area contributed by atoms with E-state index < -0.39 is 5.91 Å². The van der Waals surface area contributed by atoms with Gasteiger partial charge in [0, 0.05) is 11.4 Å². The van der Waals surface area contributed by atoms with E-state index in [1.807, 2.05) is 30.3 Å². The Kier molecular flexibility index (Phi) is 6.18. The van der Waals surface area contributed by atoms with Gasteiger partial charge < -0.3 is 10.6 Å². The first kappa shape index (κ1) is 22.0. The maximum atomic E-state index is 13.2. The van der Waals surface area contributed by atoms with E-state index in [9.17, 15) is 14.4 Å². The molecule has 2 N–H and O–H groups in total. The Labute approximate surface area is 199 Å². The number of rotatable bonds is 6. The van der Waals surface area contributed by atoms with Gasteiger partial charge in [0.2, 0.25) is 5.91 Å². The average molecular weight is 474 g/mol. The Morgan fingerprint density at radius 1 is 1.00 bits per heavy atom. The first-order valence-electron chi connectivity index (χ1n) is 11.2. The van der Waals surface area contributed by atoms with Crippen molar-refractivity contribution in [3.05, 3.63) is 86.5 Å². The SMILES string of the molecule is O=C(Cn1nnc2ccccc2c1=O)Nc1sc2c(c1C(=O)NCc1ccccc1)CCCC2.